The first kappa shape index (κ1) is 12.1. The van der Waals surface area contributed by atoms with Crippen LogP contribution in [0.5, 0.6) is 0 Å². The molecule has 3 rings (SSSR count). The molecule has 2 saturated carbocycles. The van der Waals surface area contributed by atoms with Crippen molar-refractivity contribution in [3.63, 3.8) is 0 Å². The molecule has 0 atom stereocenters. The van der Waals surface area contributed by atoms with Gasteiger partial charge in [-0.2, -0.15) is 0 Å². The zero-order valence-corrected chi connectivity index (χ0v) is 11.5. The van der Waals surface area contributed by atoms with Crippen LogP contribution in [0.4, 0.5) is 5.69 Å². The van der Waals surface area contributed by atoms with Crippen LogP contribution >= 0.6 is 0 Å². The minimum atomic E-state index is 0.808. The summed E-state index contributed by atoms with van der Waals surface area (Å²) >= 11 is 0. The molecule has 1 heteroatoms. The molecule has 0 N–H and O–H groups in total. The maximum Gasteiger partial charge on any atom is 0.0371 e. The fourth-order valence-electron chi connectivity index (χ4n) is 3.50. The molecule has 2 aliphatic carbocycles. The van der Waals surface area contributed by atoms with Gasteiger partial charge in [-0.15, -0.1) is 0 Å². The van der Waals surface area contributed by atoms with Gasteiger partial charge >= 0.3 is 0 Å². The molecule has 0 radical (unpaired) electrons. The van der Waals surface area contributed by atoms with Crippen LogP contribution in [0.15, 0.2) is 30.3 Å². The highest BCUT2D eigenvalue weighted by atomic mass is 15.2. The van der Waals surface area contributed by atoms with E-state index in [1.807, 2.05) is 0 Å². The molecule has 0 unspecified atom stereocenters. The number of nitrogens with zero attached hydrogens (tertiary/aromatic N) is 1. The van der Waals surface area contributed by atoms with Gasteiger partial charge in [-0.1, -0.05) is 31.5 Å². The zero-order chi connectivity index (χ0) is 12.4. The molecule has 98 valence electrons. The van der Waals surface area contributed by atoms with Crippen molar-refractivity contribution in [3.05, 3.63) is 30.3 Å². The van der Waals surface area contributed by atoms with Crippen molar-refractivity contribution in [1.29, 1.82) is 0 Å². The van der Waals surface area contributed by atoms with Gasteiger partial charge in [-0.3, -0.25) is 0 Å². The Hall–Kier alpha value is -0.980. The Morgan fingerprint density at radius 3 is 1.94 bits per heavy atom. The fraction of sp³-hybridized carbons (Fsp3) is 0.647. The molecule has 0 spiro atoms. The molecule has 1 aromatic carbocycles. The largest absolute Gasteiger partial charge is 0.366 e. The third kappa shape index (κ3) is 2.55. The summed E-state index contributed by atoms with van der Waals surface area (Å²) in [5, 5.41) is 0. The normalized spacial score (nSPS) is 28.1. The minimum Gasteiger partial charge on any atom is -0.366 e. The van der Waals surface area contributed by atoms with E-state index in [-0.39, 0.29) is 0 Å². The van der Waals surface area contributed by atoms with Crippen LogP contribution in [0.2, 0.25) is 0 Å². The van der Waals surface area contributed by atoms with Crippen molar-refractivity contribution < 1.29 is 0 Å². The first-order valence-electron chi connectivity index (χ1n) is 7.72. The molecule has 0 amide bonds. The van der Waals surface area contributed by atoms with Crippen molar-refractivity contribution >= 4 is 5.69 Å². The Balaban J connectivity index is 1.71. The first-order chi connectivity index (χ1) is 8.88. The SMILES string of the molecule is CC[C@H]1CC[C@H](N(c2ccccc2)C2CC2)CC1. The lowest BCUT2D eigenvalue weighted by atomic mass is 9.83. The molecule has 18 heavy (non-hydrogen) atoms. The van der Waals surface area contributed by atoms with Gasteiger partial charge in [-0.05, 0) is 56.6 Å². The molecule has 0 heterocycles. The zero-order valence-electron chi connectivity index (χ0n) is 11.5. The van der Waals surface area contributed by atoms with E-state index in [9.17, 15) is 0 Å². The Morgan fingerprint density at radius 2 is 1.44 bits per heavy atom. The summed E-state index contributed by atoms with van der Waals surface area (Å²) in [6.45, 7) is 2.35. The standard InChI is InChI=1S/C17H25N/c1-2-14-8-10-16(11-9-14)18(17-12-13-17)15-6-4-3-5-7-15/h3-7,14,16-17H,2,8-13H2,1H3/t14-,16-. The number of hydrogen-bond donors (Lipinski definition) is 0. The summed E-state index contributed by atoms with van der Waals surface area (Å²) in [5.41, 5.74) is 1.46. The molecule has 0 aliphatic heterocycles. The second kappa shape index (κ2) is 5.34. The Bertz CT molecular complexity index is 360. The average molecular weight is 243 g/mol. The molecule has 2 aliphatic rings. The number of benzene rings is 1. The van der Waals surface area contributed by atoms with Crippen LogP contribution in [0, 0.1) is 5.92 Å². The number of para-hydroxylation sites is 1. The van der Waals surface area contributed by atoms with Gasteiger partial charge in [0.25, 0.3) is 0 Å². The highest BCUT2D eigenvalue weighted by Gasteiger charge is 2.35. The van der Waals surface area contributed by atoms with E-state index < -0.39 is 0 Å². The van der Waals surface area contributed by atoms with Crippen LogP contribution in [-0.4, -0.2) is 12.1 Å². The Labute approximate surface area is 111 Å². The smallest absolute Gasteiger partial charge is 0.0371 e. The summed E-state index contributed by atoms with van der Waals surface area (Å²) in [4.78, 5) is 2.74. The summed E-state index contributed by atoms with van der Waals surface area (Å²) in [5.74, 6) is 0.998. The van der Waals surface area contributed by atoms with Crippen LogP contribution in [-0.2, 0) is 0 Å². The third-order valence-electron chi connectivity index (χ3n) is 4.78. The van der Waals surface area contributed by atoms with E-state index in [0.29, 0.717) is 0 Å². The van der Waals surface area contributed by atoms with E-state index in [4.69, 9.17) is 0 Å². The first-order valence-corrected chi connectivity index (χ1v) is 7.72. The molecule has 0 saturated heterocycles. The van der Waals surface area contributed by atoms with Gasteiger partial charge in [0.1, 0.15) is 0 Å². The molecule has 0 aromatic heterocycles. The van der Waals surface area contributed by atoms with E-state index in [1.54, 1.807) is 0 Å². The Morgan fingerprint density at radius 1 is 0.889 bits per heavy atom. The van der Waals surface area contributed by atoms with Gasteiger partial charge in [0.2, 0.25) is 0 Å². The van der Waals surface area contributed by atoms with Crippen molar-refractivity contribution in [2.75, 3.05) is 4.90 Å². The molecule has 1 nitrogen and oxygen atoms in total. The number of anilines is 1. The lowest BCUT2D eigenvalue weighted by Crippen LogP contribution is -2.39. The summed E-state index contributed by atoms with van der Waals surface area (Å²) in [6, 6.07) is 12.7. The van der Waals surface area contributed by atoms with E-state index in [0.717, 1.165) is 18.0 Å². The summed E-state index contributed by atoms with van der Waals surface area (Å²) < 4.78 is 0. The average Bonchev–Trinajstić information content (AvgIpc) is 3.26. The second-order valence-corrected chi connectivity index (χ2v) is 6.06. The van der Waals surface area contributed by atoms with Gasteiger partial charge in [0.15, 0.2) is 0 Å². The molecule has 2 fully saturated rings. The lowest BCUT2D eigenvalue weighted by Gasteiger charge is -2.38. The topological polar surface area (TPSA) is 3.24 Å². The van der Waals surface area contributed by atoms with Crippen LogP contribution in [0.25, 0.3) is 0 Å². The van der Waals surface area contributed by atoms with E-state index >= 15 is 0 Å². The molecular weight excluding hydrogens is 218 g/mol. The van der Waals surface area contributed by atoms with Crippen molar-refractivity contribution in [2.24, 2.45) is 5.92 Å². The Kier molecular flexibility index (Phi) is 3.58. The highest BCUT2D eigenvalue weighted by molar-refractivity contribution is 5.49. The van der Waals surface area contributed by atoms with Crippen LogP contribution < -0.4 is 4.90 Å². The molecule has 0 bridgehead atoms. The van der Waals surface area contributed by atoms with Crippen molar-refractivity contribution in [1.82, 2.24) is 0 Å². The lowest BCUT2D eigenvalue weighted by molar-refractivity contribution is 0.307. The van der Waals surface area contributed by atoms with Crippen LogP contribution in [0.1, 0.15) is 51.9 Å². The predicted molar refractivity (Wildman–Crippen MR) is 78.0 cm³/mol. The van der Waals surface area contributed by atoms with Gasteiger partial charge < -0.3 is 4.90 Å². The van der Waals surface area contributed by atoms with Gasteiger partial charge in [0.05, 0.1) is 0 Å². The second-order valence-electron chi connectivity index (χ2n) is 6.06. The quantitative estimate of drug-likeness (QED) is 0.745. The van der Waals surface area contributed by atoms with Crippen molar-refractivity contribution in [2.45, 2.75) is 64.0 Å². The monoisotopic (exact) mass is 243 g/mol. The highest BCUT2D eigenvalue weighted by Crippen LogP contribution is 2.39. The van der Waals surface area contributed by atoms with Crippen molar-refractivity contribution in [3.8, 4) is 0 Å². The molecular formula is C17H25N. The van der Waals surface area contributed by atoms with Crippen LogP contribution in [0.3, 0.4) is 0 Å². The van der Waals surface area contributed by atoms with Gasteiger partial charge in [0, 0.05) is 17.8 Å². The minimum absolute atomic E-state index is 0.808. The maximum absolute atomic E-state index is 2.74. The molecule has 1 aromatic rings. The van der Waals surface area contributed by atoms with E-state index in [2.05, 4.69) is 42.2 Å². The fourth-order valence-corrected chi connectivity index (χ4v) is 3.50. The number of rotatable bonds is 4. The van der Waals surface area contributed by atoms with Gasteiger partial charge in [-0.25, -0.2) is 0 Å². The predicted octanol–water partition coefficient (Wildman–Crippen LogP) is 4.62. The number of hydrogen-bond acceptors (Lipinski definition) is 1. The summed E-state index contributed by atoms with van der Waals surface area (Å²) in [6.07, 6.45) is 9.88. The third-order valence-corrected chi connectivity index (χ3v) is 4.78. The summed E-state index contributed by atoms with van der Waals surface area (Å²) in [7, 11) is 0. The maximum atomic E-state index is 2.74. The van der Waals surface area contributed by atoms with E-state index in [1.165, 1.54) is 50.6 Å².